The molecule has 1 rings (SSSR count). The molecule has 0 radical (unpaired) electrons. The quantitative estimate of drug-likeness (QED) is 0.778. The third kappa shape index (κ3) is 3.76. The second kappa shape index (κ2) is 5.67. The summed E-state index contributed by atoms with van der Waals surface area (Å²) in [6, 6.07) is 4.60. The van der Waals surface area contributed by atoms with Gasteiger partial charge in [0.25, 0.3) is 0 Å². The molecule has 1 aromatic carbocycles. The second-order valence-electron chi connectivity index (χ2n) is 3.60. The maximum absolute atomic E-state index is 11.5. The predicted molar refractivity (Wildman–Crippen MR) is 73.2 cm³/mol. The number of hydrogen-bond acceptors (Lipinski definition) is 6. The Morgan fingerprint density at radius 3 is 2.17 bits per heavy atom. The van der Waals surface area contributed by atoms with Crippen molar-refractivity contribution in [3.63, 3.8) is 0 Å². The zero-order chi connectivity index (χ0) is 14.0. The summed E-state index contributed by atoms with van der Waals surface area (Å²) in [5.74, 6) is 0.423. The van der Waals surface area contributed by atoms with E-state index in [9.17, 15) is 8.42 Å². The number of rotatable bonds is 5. The fourth-order valence-corrected chi connectivity index (χ4v) is 3.26. The molecule has 0 bridgehead atoms. The zero-order valence-corrected chi connectivity index (χ0v) is 13.1. The largest absolute Gasteiger partial charge is 0.424 e. The van der Waals surface area contributed by atoms with Gasteiger partial charge in [0.1, 0.15) is 5.75 Å². The van der Waals surface area contributed by atoms with Gasteiger partial charge in [-0.1, -0.05) is 0 Å². The van der Waals surface area contributed by atoms with E-state index in [-0.39, 0.29) is 4.90 Å². The molecule has 0 spiro atoms. The van der Waals surface area contributed by atoms with E-state index in [1.165, 1.54) is 26.4 Å². The summed E-state index contributed by atoms with van der Waals surface area (Å²) in [6.45, 7) is -1.11. The Kier molecular flexibility index (Phi) is 4.91. The van der Waals surface area contributed by atoms with E-state index in [4.69, 9.17) is 25.4 Å². The maximum atomic E-state index is 11.5. The Hall–Kier alpha value is -0.460. The first kappa shape index (κ1) is 15.6. The highest BCUT2D eigenvalue weighted by Gasteiger charge is 2.19. The lowest BCUT2D eigenvalue weighted by Gasteiger charge is -2.18. The van der Waals surface area contributed by atoms with Gasteiger partial charge < -0.3 is 13.6 Å². The lowest BCUT2D eigenvalue weighted by Crippen LogP contribution is -2.01. The van der Waals surface area contributed by atoms with Gasteiger partial charge in [-0.25, -0.2) is 8.42 Å². The monoisotopic (exact) mass is 310 g/mol. The van der Waals surface area contributed by atoms with Crippen LogP contribution in [0.15, 0.2) is 23.1 Å². The smallest absolute Gasteiger partial charge is 0.380 e. The number of sulfone groups is 1. The van der Waals surface area contributed by atoms with Crippen LogP contribution < -0.4 is 4.52 Å². The highest BCUT2D eigenvalue weighted by molar-refractivity contribution is 8.07. The Balaban J connectivity index is 3.10. The molecule has 0 fully saturated rings. The predicted octanol–water partition coefficient (Wildman–Crippen LogP) is 2.29. The first-order valence-corrected chi connectivity index (χ1v) is 9.38. The Labute approximate surface area is 112 Å². The van der Waals surface area contributed by atoms with Gasteiger partial charge in [-0.2, -0.15) is 0 Å². The summed E-state index contributed by atoms with van der Waals surface area (Å²) in [4.78, 5) is 0.262. The summed E-state index contributed by atoms with van der Waals surface area (Å²) >= 11 is 5.06. The lowest BCUT2D eigenvalue weighted by atomic mass is 10.2. The molecule has 0 unspecified atom stereocenters. The van der Waals surface area contributed by atoms with Crippen molar-refractivity contribution >= 4 is 28.4 Å². The minimum atomic E-state index is -3.24. The van der Waals surface area contributed by atoms with Crippen LogP contribution >= 0.6 is 6.72 Å². The molecule has 0 aliphatic rings. The zero-order valence-electron chi connectivity index (χ0n) is 10.5. The molecule has 5 nitrogen and oxygen atoms in total. The van der Waals surface area contributed by atoms with Crippen LogP contribution in [0.5, 0.6) is 5.75 Å². The molecular formula is C10H15O5PS2. The van der Waals surface area contributed by atoms with Gasteiger partial charge in [0.05, 0.1) is 4.90 Å². The average Bonchev–Trinajstić information content (AvgIpc) is 2.27. The van der Waals surface area contributed by atoms with Crippen LogP contribution in [0, 0.1) is 6.92 Å². The molecule has 0 N–H and O–H groups in total. The molecule has 0 aliphatic heterocycles. The van der Waals surface area contributed by atoms with Crippen molar-refractivity contribution < 1.29 is 22.0 Å². The summed E-state index contributed by atoms with van der Waals surface area (Å²) in [7, 11) is -0.431. The van der Waals surface area contributed by atoms with Crippen LogP contribution in [-0.2, 0) is 30.7 Å². The van der Waals surface area contributed by atoms with E-state index in [1.54, 1.807) is 13.0 Å². The highest BCUT2D eigenvalue weighted by Crippen LogP contribution is 2.48. The van der Waals surface area contributed by atoms with Crippen LogP contribution in [0.2, 0.25) is 0 Å². The summed E-state index contributed by atoms with van der Waals surface area (Å²) in [5.41, 5.74) is 0.587. The fraction of sp³-hybridized carbons (Fsp3) is 0.400. The molecule has 18 heavy (non-hydrogen) atoms. The normalized spacial score (nSPS) is 12.4. The molecule has 0 aromatic heterocycles. The van der Waals surface area contributed by atoms with Crippen molar-refractivity contribution in [1.82, 2.24) is 0 Å². The van der Waals surface area contributed by atoms with Gasteiger partial charge in [-0.3, -0.25) is 0 Å². The summed E-state index contributed by atoms with van der Waals surface area (Å²) < 4.78 is 38.3. The van der Waals surface area contributed by atoms with Crippen molar-refractivity contribution in [3.05, 3.63) is 23.8 Å². The van der Waals surface area contributed by atoms with Crippen LogP contribution in [0.4, 0.5) is 0 Å². The second-order valence-corrected chi connectivity index (χ2v) is 8.74. The molecular weight excluding hydrogens is 295 g/mol. The SMILES string of the molecule is COP(=S)(OC)Oc1ccc(S(C)(=O)=O)c(C)c1. The van der Waals surface area contributed by atoms with Crippen molar-refractivity contribution in [2.75, 3.05) is 20.5 Å². The van der Waals surface area contributed by atoms with E-state index >= 15 is 0 Å². The van der Waals surface area contributed by atoms with E-state index < -0.39 is 16.6 Å². The van der Waals surface area contributed by atoms with E-state index in [0.717, 1.165) is 6.26 Å². The maximum Gasteiger partial charge on any atom is 0.380 e. The minimum absolute atomic E-state index is 0.262. The van der Waals surface area contributed by atoms with Gasteiger partial charge >= 0.3 is 6.72 Å². The average molecular weight is 310 g/mol. The van der Waals surface area contributed by atoms with E-state index in [2.05, 4.69) is 0 Å². The lowest BCUT2D eigenvalue weighted by molar-refractivity contribution is 0.273. The molecule has 1 aromatic rings. The standard InChI is InChI=1S/C10H15O5PS2/c1-8-7-9(15-16(17,13-2)14-3)5-6-10(8)18(4,11)12/h5-7H,1-4H3. The Bertz CT molecular complexity index is 574. The van der Waals surface area contributed by atoms with E-state index in [0.29, 0.717) is 11.3 Å². The van der Waals surface area contributed by atoms with Gasteiger partial charge in [-0.15, -0.1) is 0 Å². The third-order valence-electron chi connectivity index (χ3n) is 2.21. The third-order valence-corrected chi connectivity index (χ3v) is 5.91. The number of benzene rings is 1. The highest BCUT2D eigenvalue weighted by atomic mass is 32.5. The number of hydrogen-bond donors (Lipinski definition) is 0. The molecule has 0 amide bonds. The van der Waals surface area contributed by atoms with Gasteiger partial charge in [0.2, 0.25) is 0 Å². The topological polar surface area (TPSA) is 61.8 Å². The van der Waals surface area contributed by atoms with Crippen LogP contribution in [0.25, 0.3) is 0 Å². The molecule has 0 saturated carbocycles. The van der Waals surface area contributed by atoms with Crippen LogP contribution in [0.1, 0.15) is 5.56 Å². The Morgan fingerprint density at radius 1 is 1.22 bits per heavy atom. The molecule has 0 saturated heterocycles. The number of aryl methyl sites for hydroxylation is 1. The van der Waals surface area contributed by atoms with E-state index in [1.807, 2.05) is 0 Å². The van der Waals surface area contributed by atoms with Gasteiger partial charge in [0.15, 0.2) is 9.84 Å². The van der Waals surface area contributed by atoms with Crippen molar-refractivity contribution in [2.45, 2.75) is 11.8 Å². The van der Waals surface area contributed by atoms with Crippen LogP contribution in [-0.4, -0.2) is 28.9 Å². The van der Waals surface area contributed by atoms with Crippen molar-refractivity contribution in [1.29, 1.82) is 0 Å². The molecule has 102 valence electrons. The van der Waals surface area contributed by atoms with Crippen molar-refractivity contribution in [3.8, 4) is 5.75 Å². The molecule has 8 heteroatoms. The first-order valence-electron chi connectivity index (χ1n) is 4.93. The molecule has 0 heterocycles. The minimum Gasteiger partial charge on any atom is -0.424 e. The molecule has 0 atom stereocenters. The fourth-order valence-electron chi connectivity index (χ4n) is 1.37. The van der Waals surface area contributed by atoms with Gasteiger partial charge in [-0.05, 0) is 30.7 Å². The molecule has 0 aliphatic carbocycles. The first-order chi connectivity index (χ1) is 8.22. The summed E-state index contributed by atoms with van der Waals surface area (Å²) in [5, 5.41) is 0. The Morgan fingerprint density at radius 2 is 1.78 bits per heavy atom. The van der Waals surface area contributed by atoms with Crippen molar-refractivity contribution in [2.24, 2.45) is 0 Å². The van der Waals surface area contributed by atoms with Gasteiger partial charge in [0, 0.05) is 32.3 Å². The summed E-state index contributed by atoms with van der Waals surface area (Å²) in [6.07, 6.45) is 1.16. The van der Waals surface area contributed by atoms with Crippen LogP contribution in [0.3, 0.4) is 0 Å².